The molecule has 0 spiro atoms. The standard InChI is InChI=1S/C21H25F2N3O3/c22-21(23)29-19-7-1-16(2-8-19)9-10-24-20(28)15-25-11-13-26(14-12-25)17-3-5-18(27)6-4-17/h1-8,21,27H,9-15H2,(H,24,28)/p+1. The number of phenolic OH excluding ortho intramolecular Hbond substituents is 1. The third-order valence-corrected chi connectivity index (χ3v) is 4.98. The van der Waals surface area contributed by atoms with E-state index in [0.717, 1.165) is 37.4 Å². The topological polar surface area (TPSA) is 66.2 Å². The first-order valence-corrected chi connectivity index (χ1v) is 9.67. The number of amides is 1. The van der Waals surface area contributed by atoms with Gasteiger partial charge in [-0.15, -0.1) is 0 Å². The quantitative estimate of drug-likeness (QED) is 0.613. The predicted octanol–water partition coefficient (Wildman–Crippen LogP) is 1.06. The minimum atomic E-state index is -2.83. The lowest BCUT2D eigenvalue weighted by Gasteiger charge is -2.33. The van der Waals surface area contributed by atoms with E-state index in [1.807, 2.05) is 12.1 Å². The SMILES string of the molecule is O=C(C[NH+]1CCN(c2ccc(O)cc2)CC1)NCCc1ccc(OC(F)F)cc1. The van der Waals surface area contributed by atoms with Gasteiger partial charge in [0, 0.05) is 12.2 Å². The van der Waals surface area contributed by atoms with Crippen LogP contribution in [0.15, 0.2) is 48.5 Å². The van der Waals surface area contributed by atoms with Crippen molar-refractivity contribution in [3.63, 3.8) is 0 Å². The second-order valence-electron chi connectivity index (χ2n) is 7.05. The molecule has 29 heavy (non-hydrogen) atoms. The van der Waals surface area contributed by atoms with Gasteiger partial charge in [-0.05, 0) is 48.4 Å². The van der Waals surface area contributed by atoms with Crippen molar-refractivity contribution in [3.05, 3.63) is 54.1 Å². The molecular formula is C21H26F2N3O3+. The lowest BCUT2D eigenvalue weighted by molar-refractivity contribution is -0.892. The van der Waals surface area contributed by atoms with Gasteiger partial charge in [0.05, 0.1) is 26.2 Å². The van der Waals surface area contributed by atoms with Crippen molar-refractivity contribution in [2.24, 2.45) is 0 Å². The normalized spacial score (nSPS) is 14.8. The number of alkyl halides is 2. The number of hydrogen-bond donors (Lipinski definition) is 3. The van der Waals surface area contributed by atoms with E-state index in [2.05, 4.69) is 15.0 Å². The van der Waals surface area contributed by atoms with Crippen LogP contribution in [0, 0.1) is 0 Å². The maximum absolute atomic E-state index is 12.2. The molecule has 0 saturated carbocycles. The molecule has 0 atom stereocenters. The Hall–Kier alpha value is -2.87. The Bertz CT molecular complexity index is 777. The highest BCUT2D eigenvalue weighted by Crippen LogP contribution is 2.18. The molecule has 156 valence electrons. The molecule has 3 N–H and O–H groups in total. The maximum atomic E-state index is 12.2. The number of rotatable bonds is 8. The van der Waals surface area contributed by atoms with Gasteiger partial charge in [0.1, 0.15) is 11.5 Å². The molecule has 1 heterocycles. The van der Waals surface area contributed by atoms with Crippen LogP contribution < -0.4 is 19.9 Å². The molecule has 1 aliphatic rings. The molecule has 1 saturated heterocycles. The van der Waals surface area contributed by atoms with E-state index < -0.39 is 6.61 Å². The lowest BCUT2D eigenvalue weighted by Crippen LogP contribution is -3.16. The van der Waals surface area contributed by atoms with Crippen LogP contribution in [-0.2, 0) is 11.2 Å². The zero-order chi connectivity index (χ0) is 20.6. The van der Waals surface area contributed by atoms with E-state index in [1.165, 1.54) is 17.0 Å². The Labute approximate surface area is 168 Å². The zero-order valence-electron chi connectivity index (χ0n) is 16.1. The number of quaternary nitrogens is 1. The highest BCUT2D eigenvalue weighted by molar-refractivity contribution is 5.76. The van der Waals surface area contributed by atoms with E-state index in [-0.39, 0.29) is 17.4 Å². The van der Waals surface area contributed by atoms with Crippen LogP contribution in [0.25, 0.3) is 0 Å². The van der Waals surface area contributed by atoms with Crippen LogP contribution in [0.1, 0.15) is 5.56 Å². The Morgan fingerprint density at radius 1 is 1.10 bits per heavy atom. The Morgan fingerprint density at radius 2 is 1.76 bits per heavy atom. The fourth-order valence-electron chi connectivity index (χ4n) is 3.39. The Balaban J connectivity index is 1.34. The maximum Gasteiger partial charge on any atom is 0.387 e. The van der Waals surface area contributed by atoms with Crippen molar-refractivity contribution in [3.8, 4) is 11.5 Å². The summed E-state index contributed by atoms with van der Waals surface area (Å²) in [6.07, 6.45) is 0.630. The summed E-state index contributed by atoms with van der Waals surface area (Å²) in [7, 11) is 0. The third-order valence-electron chi connectivity index (χ3n) is 4.98. The molecule has 1 fully saturated rings. The molecule has 0 radical (unpaired) electrons. The second kappa shape index (κ2) is 10.1. The number of piperazine rings is 1. The van der Waals surface area contributed by atoms with Crippen LogP contribution in [0.2, 0.25) is 0 Å². The Kier molecular flexibility index (Phi) is 7.24. The van der Waals surface area contributed by atoms with Crippen molar-refractivity contribution in [1.29, 1.82) is 0 Å². The van der Waals surface area contributed by atoms with Crippen LogP contribution >= 0.6 is 0 Å². The van der Waals surface area contributed by atoms with Crippen molar-refractivity contribution in [1.82, 2.24) is 5.32 Å². The molecular weight excluding hydrogens is 380 g/mol. The largest absolute Gasteiger partial charge is 0.508 e. The van der Waals surface area contributed by atoms with Gasteiger partial charge in [-0.2, -0.15) is 8.78 Å². The molecule has 6 nitrogen and oxygen atoms in total. The van der Waals surface area contributed by atoms with E-state index in [1.54, 1.807) is 24.3 Å². The number of nitrogens with zero attached hydrogens (tertiary/aromatic N) is 1. The second-order valence-corrected chi connectivity index (χ2v) is 7.05. The van der Waals surface area contributed by atoms with E-state index >= 15 is 0 Å². The van der Waals surface area contributed by atoms with Crippen molar-refractivity contribution >= 4 is 11.6 Å². The highest BCUT2D eigenvalue weighted by Gasteiger charge is 2.22. The number of benzene rings is 2. The van der Waals surface area contributed by atoms with Gasteiger partial charge < -0.3 is 25.0 Å². The number of anilines is 1. The molecule has 8 heteroatoms. The highest BCUT2D eigenvalue weighted by atomic mass is 19.3. The smallest absolute Gasteiger partial charge is 0.387 e. The number of ether oxygens (including phenoxy) is 1. The van der Waals surface area contributed by atoms with E-state index in [4.69, 9.17) is 0 Å². The predicted molar refractivity (Wildman–Crippen MR) is 106 cm³/mol. The number of halogens is 2. The number of carbonyl (C=O) groups excluding carboxylic acids is 1. The van der Waals surface area contributed by atoms with Crippen molar-refractivity contribution in [2.75, 3.05) is 44.2 Å². The summed E-state index contributed by atoms with van der Waals surface area (Å²) in [5.74, 6) is 0.394. The molecule has 0 aliphatic carbocycles. The van der Waals surface area contributed by atoms with Gasteiger partial charge >= 0.3 is 6.61 Å². The molecule has 1 aliphatic heterocycles. The molecule has 0 bridgehead atoms. The third kappa shape index (κ3) is 6.60. The molecule has 3 rings (SSSR count). The molecule has 0 aromatic heterocycles. The van der Waals surface area contributed by atoms with Crippen molar-refractivity contribution in [2.45, 2.75) is 13.0 Å². The average Bonchev–Trinajstić information content (AvgIpc) is 2.70. The lowest BCUT2D eigenvalue weighted by atomic mass is 10.1. The number of phenols is 1. The van der Waals surface area contributed by atoms with Crippen LogP contribution in [-0.4, -0.2) is 56.9 Å². The number of aromatic hydroxyl groups is 1. The van der Waals surface area contributed by atoms with E-state index in [9.17, 15) is 18.7 Å². The number of hydrogen-bond acceptors (Lipinski definition) is 4. The fourth-order valence-corrected chi connectivity index (χ4v) is 3.39. The summed E-state index contributed by atoms with van der Waals surface area (Å²) < 4.78 is 28.6. The molecule has 1 amide bonds. The number of nitrogens with one attached hydrogen (secondary N) is 2. The minimum absolute atomic E-state index is 0.00994. The van der Waals surface area contributed by atoms with Gasteiger partial charge in [0.25, 0.3) is 5.91 Å². The summed E-state index contributed by atoms with van der Waals surface area (Å²) in [5, 5.41) is 12.3. The summed E-state index contributed by atoms with van der Waals surface area (Å²) in [6, 6.07) is 13.6. The summed E-state index contributed by atoms with van der Waals surface area (Å²) in [5.41, 5.74) is 2.03. The zero-order valence-corrected chi connectivity index (χ0v) is 16.1. The number of carbonyl (C=O) groups is 1. The first-order chi connectivity index (χ1) is 14.0. The van der Waals surface area contributed by atoms with Crippen LogP contribution in [0.4, 0.5) is 14.5 Å². The van der Waals surface area contributed by atoms with Gasteiger partial charge in [0.2, 0.25) is 0 Å². The van der Waals surface area contributed by atoms with Crippen LogP contribution in [0.5, 0.6) is 11.5 Å². The first kappa shape index (κ1) is 20.9. The Morgan fingerprint density at radius 3 is 2.38 bits per heavy atom. The summed E-state index contributed by atoms with van der Waals surface area (Å²) >= 11 is 0. The molecule has 2 aromatic carbocycles. The van der Waals surface area contributed by atoms with Crippen LogP contribution in [0.3, 0.4) is 0 Å². The van der Waals surface area contributed by atoms with Gasteiger partial charge in [-0.1, -0.05) is 12.1 Å². The summed E-state index contributed by atoms with van der Waals surface area (Å²) in [6.45, 7) is 1.58. The van der Waals surface area contributed by atoms with Gasteiger partial charge in [-0.25, -0.2) is 0 Å². The fraction of sp³-hybridized carbons (Fsp3) is 0.381. The first-order valence-electron chi connectivity index (χ1n) is 9.67. The monoisotopic (exact) mass is 406 g/mol. The minimum Gasteiger partial charge on any atom is -0.508 e. The average molecular weight is 406 g/mol. The van der Waals surface area contributed by atoms with Gasteiger partial charge in [0.15, 0.2) is 6.54 Å². The van der Waals surface area contributed by atoms with Gasteiger partial charge in [-0.3, -0.25) is 4.79 Å². The summed E-state index contributed by atoms with van der Waals surface area (Å²) in [4.78, 5) is 15.7. The van der Waals surface area contributed by atoms with Crippen molar-refractivity contribution < 1.29 is 28.3 Å². The molecule has 2 aromatic rings. The molecule has 0 unspecified atom stereocenters. The van der Waals surface area contributed by atoms with E-state index in [0.29, 0.717) is 19.5 Å².